The van der Waals surface area contributed by atoms with Crippen LogP contribution in [-0.4, -0.2) is 28.7 Å². The maximum absolute atomic E-state index is 13.1. The van der Waals surface area contributed by atoms with E-state index < -0.39 is 16.1 Å². The Morgan fingerprint density at radius 2 is 1.64 bits per heavy atom. The molecular formula is C20H18N4O3S. The van der Waals surface area contributed by atoms with Gasteiger partial charge in [-0.25, -0.2) is 13.4 Å². The number of fused-ring (bicyclic) bond motifs is 1. The second-order valence-electron chi connectivity index (χ2n) is 6.48. The molecule has 4 rings (SSSR count). The highest BCUT2D eigenvalue weighted by atomic mass is 32.2. The molecule has 3 N–H and O–H groups in total. The quantitative estimate of drug-likeness (QED) is 0.482. The molecule has 7 nitrogen and oxygen atoms in total. The molecule has 2 aromatic carbocycles. The van der Waals surface area contributed by atoms with Crippen molar-refractivity contribution in [3.8, 4) is 5.75 Å². The highest BCUT2D eigenvalue weighted by molar-refractivity contribution is 7.89. The van der Waals surface area contributed by atoms with Crippen molar-refractivity contribution in [1.29, 1.82) is 0 Å². The molecule has 1 unspecified atom stereocenters. The molecule has 2 aromatic heterocycles. The zero-order chi connectivity index (χ0) is 19.7. The van der Waals surface area contributed by atoms with Crippen molar-refractivity contribution < 1.29 is 13.5 Å². The summed E-state index contributed by atoms with van der Waals surface area (Å²) in [4.78, 5) is 4.09. The molecule has 0 aliphatic heterocycles. The number of H-pyrrole nitrogens is 1. The summed E-state index contributed by atoms with van der Waals surface area (Å²) in [6.07, 6.45) is 1.57. The van der Waals surface area contributed by atoms with Gasteiger partial charge in [0.15, 0.2) is 5.65 Å². The Kier molecular flexibility index (Phi) is 4.58. The Bertz CT molecular complexity index is 1170. The van der Waals surface area contributed by atoms with E-state index in [4.69, 9.17) is 0 Å². The van der Waals surface area contributed by atoms with Crippen LogP contribution in [0.15, 0.2) is 71.9 Å². The zero-order valence-corrected chi connectivity index (χ0v) is 15.8. The van der Waals surface area contributed by atoms with Crippen molar-refractivity contribution in [2.45, 2.75) is 18.0 Å². The fourth-order valence-corrected chi connectivity index (χ4v) is 4.32. The Morgan fingerprint density at radius 3 is 2.32 bits per heavy atom. The van der Waals surface area contributed by atoms with Gasteiger partial charge in [-0.05, 0) is 42.3 Å². The topological polar surface area (TPSA) is 108 Å². The second-order valence-corrected chi connectivity index (χ2v) is 8.11. The number of hydrogen-bond donors (Lipinski definition) is 3. The molecule has 0 bridgehead atoms. The Hall–Kier alpha value is -3.23. The molecule has 0 aliphatic carbocycles. The molecule has 2 heterocycles. The molecule has 28 heavy (non-hydrogen) atoms. The molecule has 1 atom stereocenters. The van der Waals surface area contributed by atoms with E-state index in [1.807, 2.05) is 31.2 Å². The van der Waals surface area contributed by atoms with Gasteiger partial charge in [-0.2, -0.15) is 9.82 Å². The SMILES string of the molecule is Cc1ccc(C(NS(=O)(=O)c2n[nH]c3ncccc23)c2ccc(O)cc2)cc1. The summed E-state index contributed by atoms with van der Waals surface area (Å²) in [5, 5.41) is 16.5. The minimum atomic E-state index is -3.95. The summed E-state index contributed by atoms with van der Waals surface area (Å²) in [5.41, 5.74) is 2.95. The molecule has 0 saturated carbocycles. The lowest BCUT2D eigenvalue weighted by Gasteiger charge is -2.19. The summed E-state index contributed by atoms with van der Waals surface area (Å²) in [6.45, 7) is 1.96. The molecule has 0 aliphatic rings. The molecule has 0 saturated heterocycles. The number of sulfonamides is 1. The second kappa shape index (κ2) is 7.06. The number of nitrogens with zero attached hydrogens (tertiary/aromatic N) is 2. The van der Waals surface area contributed by atoms with Crippen molar-refractivity contribution in [2.24, 2.45) is 0 Å². The van der Waals surface area contributed by atoms with Crippen LogP contribution in [0.5, 0.6) is 5.75 Å². The average Bonchev–Trinajstić information content (AvgIpc) is 3.13. The van der Waals surface area contributed by atoms with E-state index >= 15 is 0 Å². The van der Waals surface area contributed by atoms with E-state index in [0.29, 0.717) is 16.6 Å². The third-order valence-electron chi connectivity index (χ3n) is 4.47. The van der Waals surface area contributed by atoms with Gasteiger partial charge < -0.3 is 5.11 Å². The van der Waals surface area contributed by atoms with Crippen LogP contribution in [-0.2, 0) is 10.0 Å². The Morgan fingerprint density at radius 1 is 1.00 bits per heavy atom. The van der Waals surface area contributed by atoms with Gasteiger partial charge in [-0.15, -0.1) is 0 Å². The molecule has 0 amide bonds. The number of hydrogen-bond acceptors (Lipinski definition) is 5. The van der Waals surface area contributed by atoms with Crippen molar-refractivity contribution in [1.82, 2.24) is 19.9 Å². The van der Waals surface area contributed by atoms with Gasteiger partial charge in [0.25, 0.3) is 10.0 Å². The highest BCUT2D eigenvalue weighted by Gasteiger charge is 2.27. The van der Waals surface area contributed by atoms with Crippen LogP contribution < -0.4 is 4.72 Å². The number of pyridine rings is 1. The number of phenols is 1. The third kappa shape index (κ3) is 3.47. The van der Waals surface area contributed by atoms with Gasteiger partial charge in [0, 0.05) is 6.20 Å². The van der Waals surface area contributed by atoms with Crippen molar-refractivity contribution in [3.05, 3.63) is 83.6 Å². The minimum absolute atomic E-state index is 0.105. The van der Waals surface area contributed by atoms with Gasteiger partial charge in [-0.1, -0.05) is 42.0 Å². The smallest absolute Gasteiger partial charge is 0.261 e. The summed E-state index contributed by atoms with van der Waals surface area (Å²) >= 11 is 0. The maximum atomic E-state index is 13.1. The highest BCUT2D eigenvalue weighted by Crippen LogP contribution is 2.27. The fourth-order valence-electron chi connectivity index (χ4n) is 3.00. The van der Waals surface area contributed by atoms with Crippen molar-refractivity contribution in [2.75, 3.05) is 0 Å². The van der Waals surface area contributed by atoms with Crippen LogP contribution >= 0.6 is 0 Å². The first kappa shape index (κ1) is 18.1. The minimum Gasteiger partial charge on any atom is -0.508 e. The summed E-state index contributed by atoms with van der Waals surface area (Å²) in [7, 11) is -3.95. The number of aromatic hydroxyl groups is 1. The van der Waals surface area contributed by atoms with E-state index in [-0.39, 0.29) is 10.8 Å². The first-order chi connectivity index (χ1) is 13.4. The predicted octanol–water partition coefficient (Wildman–Crippen LogP) is 3.04. The molecule has 0 radical (unpaired) electrons. The Balaban J connectivity index is 1.78. The number of nitrogens with one attached hydrogen (secondary N) is 2. The molecule has 0 spiro atoms. The lowest BCUT2D eigenvalue weighted by Crippen LogP contribution is -2.30. The summed E-state index contributed by atoms with van der Waals surface area (Å²) in [5.74, 6) is 0.110. The van der Waals surface area contributed by atoms with Crippen molar-refractivity contribution in [3.63, 3.8) is 0 Å². The molecule has 4 aromatic rings. The average molecular weight is 394 g/mol. The van der Waals surface area contributed by atoms with Gasteiger partial charge in [0.05, 0.1) is 11.4 Å². The van der Waals surface area contributed by atoms with Crippen LogP contribution in [0.2, 0.25) is 0 Å². The zero-order valence-electron chi connectivity index (χ0n) is 15.0. The number of benzene rings is 2. The van der Waals surface area contributed by atoms with E-state index in [0.717, 1.165) is 11.1 Å². The molecular weight excluding hydrogens is 376 g/mol. The number of phenolic OH excluding ortho intramolecular Hbond substituents is 1. The third-order valence-corrected chi connectivity index (χ3v) is 5.83. The predicted molar refractivity (Wildman–Crippen MR) is 105 cm³/mol. The standard InChI is InChI=1S/C20H18N4O3S/c1-13-4-6-14(7-5-13)18(15-8-10-16(25)11-9-15)24-28(26,27)20-17-3-2-12-21-19(17)22-23-20/h2-12,18,24-25H,1H3,(H,21,22,23). The van der Waals surface area contributed by atoms with Crippen LogP contribution in [0, 0.1) is 6.92 Å². The van der Waals surface area contributed by atoms with E-state index in [2.05, 4.69) is 19.9 Å². The fraction of sp³-hybridized carbons (Fsp3) is 0.100. The number of aromatic amines is 1. The van der Waals surface area contributed by atoms with Gasteiger partial charge in [0.2, 0.25) is 5.03 Å². The first-order valence-corrected chi connectivity index (χ1v) is 10.1. The van der Waals surface area contributed by atoms with E-state index in [1.165, 1.54) is 12.1 Å². The van der Waals surface area contributed by atoms with Crippen LogP contribution in [0.1, 0.15) is 22.7 Å². The number of aromatic nitrogens is 3. The lowest BCUT2D eigenvalue weighted by atomic mass is 9.99. The Labute approximate surface area is 162 Å². The summed E-state index contributed by atoms with van der Waals surface area (Å²) in [6, 6.07) is 16.7. The van der Waals surface area contributed by atoms with E-state index in [1.54, 1.807) is 30.5 Å². The largest absolute Gasteiger partial charge is 0.508 e. The van der Waals surface area contributed by atoms with Crippen LogP contribution in [0.25, 0.3) is 11.0 Å². The van der Waals surface area contributed by atoms with Crippen LogP contribution in [0.4, 0.5) is 0 Å². The maximum Gasteiger partial charge on any atom is 0.261 e. The van der Waals surface area contributed by atoms with Crippen molar-refractivity contribution >= 4 is 21.1 Å². The monoisotopic (exact) mass is 394 g/mol. The number of aryl methyl sites for hydroxylation is 1. The summed E-state index contributed by atoms with van der Waals surface area (Å²) < 4.78 is 29.0. The van der Waals surface area contributed by atoms with Gasteiger partial charge in [-0.3, -0.25) is 5.10 Å². The van der Waals surface area contributed by atoms with Gasteiger partial charge in [0.1, 0.15) is 5.75 Å². The molecule has 142 valence electrons. The molecule has 8 heteroatoms. The molecule has 0 fully saturated rings. The van der Waals surface area contributed by atoms with Crippen LogP contribution in [0.3, 0.4) is 0 Å². The van der Waals surface area contributed by atoms with Gasteiger partial charge >= 0.3 is 0 Å². The van der Waals surface area contributed by atoms with E-state index in [9.17, 15) is 13.5 Å². The lowest BCUT2D eigenvalue weighted by molar-refractivity contribution is 0.475. The normalized spacial score (nSPS) is 12.9. The number of rotatable bonds is 5. The first-order valence-electron chi connectivity index (χ1n) is 8.61.